The van der Waals surface area contributed by atoms with Gasteiger partial charge < -0.3 is 14.4 Å². The molecule has 0 amide bonds. The van der Waals surface area contributed by atoms with Crippen LogP contribution in [0.1, 0.15) is 37.5 Å². The van der Waals surface area contributed by atoms with E-state index in [9.17, 15) is 4.21 Å². The van der Waals surface area contributed by atoms with Crippen LogP contribution in [0.15, 0.2) is 71.3 Å². The average molecular weight is 466 g/mol. The minimum Gasteiger partial charge on any atom is -0.497 e. The van der Waals surface area contributed by atoms with E-state index in [0.29, 0.717) is 13.1 Å². The first-order valence-corrected chi connectivity index (χ1v) is 11.8. The van der Waals surface area contributed by atoms with Crippen molar-refractivity contribution in [3.63, 3.8) is 0 Å². The topological polar surface area (TPSA) is 64.0 Å². The maximum Gasteiger partial charge on any atom is 0.144 e. The second-order valence-electron chi connectivity index (χ2n) is 8.56. The highest BCUT2D eigenvalue weighted by Gasteiger charge is 2.19. The summed E-state index contributed by atoms with van der Waals surface area (Å²) < 4.78 is 27.0. The number of hydrogen-bond donors (Lipinski definition) is 0. The van der Waals surface area contributed by atoms with Crippen molar-refractivity contribution < 1.29 is 13.7 Å². The molecule has 6 nitrogen and oxygen atoms in total. The fourth-order valence-corrected chi connectivity index (χ4v) is 3.67. The summed E-state index contributed by atoms with van der Waals surface area (Å²) in [5, 5.41) is 0. The van der Waals surface area contributed by atoms with Crippen molar-refractivity contribution in [3.8, 4) is 11.5 Å². The molecule has 1 aromatic heterocycles. The van der Waals surface area contributed by atoms with Crippen molar-refractivity contribution in [1.29, 1.82) is 0 Å². The van der Waals surface area contributed by atoms with Crippen LogP contribution in [-0.4, -0.2) is 34.4 Å². The van der Waals surface area contributed by atoms with E-state index in [4.69, 9.17) is 9.47 Å². The largest absolute Gasteiger partial charge is 0.497 e. The summed E-state index contributed by atoms with van der Waals surface area (Å²) in [5.41, 5.74) is 3.06. The summed E-state index contributed by atoms with van der Waals surface area (Å²) in [6, 6.07) is 19.8. The predicted octanol–water partition coefficient (Wildman–Crippen LogP) is 5.19. The predicted molar refractivity (Wildman–Crippen MR) is 136 cm³/mol. The zero-order valence-electron chi connectivity index (χ0n) is 19.8. The third-order valence-electron chi connectivity index (χ3n) is 4.99. The molecule has 0 N–H and O–H groups in total. The van der Waals surface area contributed by atoms with Crippen LogP contribution in [0.2, 0.25) is 0 Å². The zero-order chi connectivity index (χ0) is 23.8. The van der Waals surface area contributed by atoms with E-state index in [1.54, 1.807) is 26.6 Å². The van der Waals surface area contributed by atoms with E-state index in [2.05, 4.69) is 14.3 Å². The fourth-order valence-electron chi connectivity index (χ4n) is 3.15. The molecule has 7 heteroatoms. The van der Waals surface area contributed by atoms with Crippen molar-refractivity contribution >= 4 is 23.0 Å². The molecule has 0 aliphatic carbocycles. The molecule has 0 aliphatic rings. The number of pyridine rings is 1. The van der Waals surface area contributed by atoms with E-state index < -0.39 is 15.7 Å². The van der Waals surface area contributed by atoms with Gasteiger partial charge in [-0.3, -0.25) is 0 Å². The van der Waals surface area contributed by atoms with E-state index in [1.165, 1.54) is 0 Å². The highest BCUT2D eigenvalue weighted by Crippen LogP contribution is 2.24. The van der Waals surface area contributed by atoms with Gasteiger partial charge in [0.2, 0.25) is 0 Å². The lowest BCUT2D eigenvalue weighted by Gasteiger charge is -2.26. The molecule has 33 heavy (non-hydrogen) atoms. The summed E-state index contributed by atoms with van der Waals surface area (Å²) in [7, 11) is 1.97. The molecule has 0 bridgehead atoms. The Balaban J connectivity index is 1.95. The standard InChI is InChI=1S/C26H31N3O3S/c1-26(2,3)33(30)28-17-22-7-6-16-27-25(22)29(18-20-8-12-23(31-4)13-9-20)19-21-10-14-24(32-5)15-11-21/h6-17H,18-19H2,1-5H3/t33-/m0/s1. The van der Waals surface area contributed by atoms with Gasteiger partial charge >= 0.3 is 0 Å². The van der Waals surface area contributed by atoms with Crippen LogP contribution in [0.25, 0.3) is 0 Å². The first kappa shape index (κ1) is 24.5. The quantitative estimate of drug-likeness (QED) is 0.407. The molecule has 3 aromatic rings. The molecule has 0 radical (unpaired) electrons. The Morgan fingerprint density at radius 1 is 0.909 bits per heavy atom. The highest BCUT2D eigenvalue weighted by molar-refractivity contribution is 7.85. The Kier molecular flexibility index (Phi) is 8.22. The van der Waals surface area contributed by atoms with Gasteiger partial charge in [0.25, 0.3) is 0 Å². The third-order valence-corrected chi connectivity index (χ3v) is 6.34. The number of nitrogens with zero attached hydrogens (tertiary/aromatic N) is 3. The molecule has 2 aromatic carbocycles. The number of hydrogen-bond acceptors (Lipinski definition) is 5. The maximum atomic E-state index is 12.5. The van der Waals surface area contributed by atoms with Gasteiger partial charge in [0.1, 0.15) is 28.3 Å². The molecule has 0 unspecified atom stereocenters. The molecular formula is C26H31N3O3S. The van der Waals surface area contributed by atoms with E-state index in [0.717, 1.165) is 34.0 Å². The van der Waals surface area contributed by atoms with Crippen molar-refractivity contribution in [3.05, 3.63) is 83.6 Å². The first-order chi connectivity index (χ1) is 15.8. The average Bonchev–Trinajstić information content (AvgIpc) is 2.82. The molecular weight excluding hydrogens is 434 g/mol. The van der Waals surface area contributed by atoms with E-state index >= 15 is 0 Å². The minimum absolute atomic E-state index is 0.426. The molecule has 0 fully saturated rings. The fraction of sp³-hybridized carbons (Fsp3) is 0.308. The Morgan fingerprint density at radius 3 is 1.88 bits per heavy atom. The lowest BCUT2D eigenvalue weighted by molar-refractivity contribution is 0.414. The molecule has 0 spiro atoms. The molecule has 0 saturated heterocycles. The molecule has 174 valence electrons. The van der Waals surface area contributed by atoms with E-state index in [-0.39, 0.29) is 0 Å². The van der Waals surface area contributed by atoms with Gasteiger partial charge in [-0.25, -0.2) is 9.19 Å². The van der Waals surface area contributed by atoms with Gasteiger partial charge in [-0.05, 0) is 68.3 Å². The second-order valence-corrected chi connectivity index (χ2v) is 10.5. The summed E-state index contributed by atoms with van der Waals surface area (Å²) in [5.74, 6) is 2.41. The second kappa shape index (κ2) is 11.1. The Morgan fingerprint density at radius 2 is 1.42 bits per heavy atom. The van der Waals surface area contributed by atoms with Crippen molar-refractivity contribution in [2.75, 3.05) is 19.1 Å². The number of rotatable bonds is 9. The molecule has 0 saturated carbocycles. The number of aromatic nitrogens is 1. The number of methoxy groups -OCH3 is 2. The van der Waals surface area contributed by atoms with E-state index in [1.807, 2.05) is 81.4 Å². The van der Waals surface area contributed by atoms with Gasteiger partial charge in [-0.2, -0.15) is 4.40 Å². The van der Waals surface area contributed by atoms with Crippen LogP contribution in [0, 0.1) is 0 Å². The lowest BCUT2D eigenvalue weighted by atomic mass is 10.1. The maximum absolute atomic E-state index is 12.5. The Hall–Kier alpha value is -3.19. The lowest BCUT2D eigenvalue weighted by Crippen LogP contribution is -2.24. The van der Waals surface area contributed by atoms with Crippen LogP contribution in [0.4, 0.5) is 5.82 Å². The number of ether oxygens (including phenoxy) is 2. The summed E-state index contributed by atoms with van der Waals surface area (Å²) >= 11 is 0. The number of anilines is 1. The van der Waals surface area contributed by atoms with Crippen LogP contribution in [0.5, 0.6) is 11.5 Å². The van der Waals surface area contributed by atoms with Gasteiger partial charge in [0.15, 0.2) is 0 Å². The normalized spacial score (nSPS) is 12.5. The minimum atomic E-state index is -1.35. The van der Waals surface area contributed by atoms with Crippen molar-refractivity contribution in [2.24, 2.45) is 4.40 Å². The molecule has 1 atom stereocenters. The first-order valence-electron chi connectivity index (χ1n) is 10.7. The summed E-state index contributed by atoms with van der Waals surface area (Å²) in [6.07, 6.45) is 3.43. The molecule has 1 heterocycles. The van der Waals surface area contributed by atoms with Crippen molar-refractivity contribution in [1.82, 2.24) is 4.98 Å². The van der Waals surface area contributed by atoms with Gasteiger partial charge in [0, 0.05) is 31.1 Å². The van der Waals surface area contributed by atoms with Gasteiger partial charge in [0.05, 0.1) is 19.0 Å². The summed E-state index contributed by atoms with van der Waals surface area (Å²) in [4.78, 5) is 6.85. The SMILES string of the molecule is COc1ccc(CN(Cc2ccc(OC)cc2)c2ncccc2C=N[S@@](=O)C(C)(C)C)cc1. The monoisotopic (exact) mass is 465 g/mol. The Bertz CT molecular complexity index is 1040. The molecule has 3 rings (SSSR count). The smallest absolute Gasteiger partial charge is 0.144 e. The van der Waals surface area contributed by atoms with Crippen LogP contribution in [-0.2, 0) is 24.1 Å². The van der Waals surface area contributed by atoms with Gasteiger partial charge in [-0.15, -0.1) is 0 Å². The van der Waals surface area contributed by atoms with Crippen LogP contribution >= 0.6 is 0 Å². The number of benzene rings is 2. The summed E-state index contributed by atoms with van der Waals surface area (Å²) in [6.45, 7) is 6.99. The zero-order valence-corrected chi connectivity index (χ0v) is 20.6. The van der Waals surface area contributed by atoms with Crippen molar-refractivity contribution in [2.45, 2.75) is 38.6 Å². The molecule has 0 aliphatic heterocycles. The van der Waals surface area contributed by atoms with Crippen LogP contribution < -0.4 is 14.4 Å². The van der Waals surface area contributed by atoms with Crippen LogP contribution in [0.3, 0.4) is 0 Å². The Labute approximate surface area is 198 Å². The van der Waals surface area contributed by atoms with Gasteiger partial charge in [-0.1, -0.05) is 24.3 Å². The highest BCUT2D eigenvalue weighted by atomic mass is 32.2. The third kappa shape index (κ3) is 6.89.